The third-order valence-corrected chi connectivity index (χ3v) is 5.95. The molecule has 0 saturated heterocycles. The second-order valence-electron chi connectivity index (χ2n) is 8.15. The first-order valence-electron chi connectivity index (χ1n) is 9.12. The highest BCUT2D eigenvalue weighted by Gasteiger charge is 2.44. The van der Waals surface area contributed by atoms with Crippen LogP contribution in [0.4, 0.5) is 5.69 Å². The quantitative estimate of drug-likeness (QED) is 0.688. The first-order chi connectivity index (χ1) is 11.8. The number of primary amides is 1. The molecule has 2 aliphatic rings. The zero-order chi connectivity index (χ0) is 17.8. The Morgan fingerprint density at radius 2 is 2.28 bits per heavy atom. The van der Waals surface area contributed by atoms with E-state index in [1.54, 1.807) is 6.20 Å². The van der Waals surface area contributed by atoms with Crippen LogP contribution >= 0.6 is 0 Å². The lowest BCUT2D eigenvalue weighted by Crippen LogP contribution is -2.49. The van der Waals surface area contributed by atoms with Gasteiger partial charge in [-0.1, -0.05) is 6.92 Å². The summed E-state index contributed by atoms with van der Waals surface area (Å²) >= 11 is 0. The predicted molar refractivity (Wildman–Crippen MR) is 97.4 cm³/mol. The van der Waals surface area contributed by atoms with Gasteiger partial charge in [0.1, 0.15) is 5.65 Å². The van der Waals surface area contributed by atoms with Gasteiger partial charge in [0.15, 0.2) is 0 Å². The molecule has 2 bridgehead atoms. The summed E-state index contributed by atoms with van der Waals surface area (Å²) in [5.41, 5.74) is 8.04. The molecular weight excluding hydrogens is 316 g/mol. The summed E-state index contributed by atoms with van der Waals surface area (Å²) < 4.78 is 0. The molecule has 5 N–H and O–H groups in total. The standard InChI is InChI=1S/C19H26N4O2/c1-10-5-12-8-19(25,7-10)4-3-15(12)23-16-13-6-11(2)22-18(13)21-9-14(16)17(20)24/h6,9-10,12,15,25H,3-5,7-8H2,1-2H3,(H2,20,24)(H2,21,22,23)/t10?,12-,15-,19-/m0/s1. The number of anilines is 1. The number of nitrogens with one attached hydrogen (secondary N) is 2. The highest BCUT2D eigenvalue weighted by molar-refractivity contribution is 6.06. The monoisotopic (exact) mass is 342 g/mol. The smallest absolute Gasteiger partial charge is 0.252 e. The molecule has 25 heavy (non-hydrogen) atoms. The van der Waals surface area contributed by atoms with Crippen LogP contribution in [0.5, 0.6) is 0 Å². The molecule has 4 rings (SSSR count). The maximum absolute atomic E-state index is 11.9. The minimum absolute atomic E-state index is 0.238. The molecule has 2 aliphatic carbocycles. The number of aryl methyl sites for hydroxylation is 1. The molecule has 2 saturated carbocycles. The molecule has 2 heterocycles. The van der Waals surface area contributed by atoms with Gasteiger partial charge in [-0.2, -0.15) is 0 Å². The SMILES string of the molecule is Cc1cc2c(N[C@H]3CC[C@]4(O)CC(C)C[C@H]3C4)c(C(N)=O)cnc2[nH]1. The van der Waals surface area contributed by atoms with E-state index in [-0.39, 0.29) is 6.04 Å². The van der Waals surface area contributed by atoms with E-state index >= 15 is 0 Å². The first-order valence-corrected chi connectivity index (χ1v) is 9.12. The maximum atomic E-state index is 11.9. The van der Waals surface area contributed by atoms with Crippen LogP contribution in [0.15, 0.2) is 12.3 Å². The van der Waals surface area contributed by atoms with Gasteiger partial charge in [-0.15, -0.1) is 0 Å². The van der Waals surface area contributed by atoms with E-state index in [1.165, 1.54) is 0 Å². The van der Waals surface area contributed by atoms with Crippen LogP contribution in [0.3, 0.4) is 0 Å². The van der Waals surface area contributed by atoms with Crippen molar-refractivity contribution in [3.05, 3.63) is 23.5 Å². The van der Waals surface area contributed by atoms with Crippen molar-refractivity contribution in [1.82, 2.24) is 9.97 Å². The number of aromatic nitrogens is 2. The van der Waals surface area contributed by atoms with Crippen molar-refractivity contribution in [2.24, 2.45) is 17.6 Å². The van der Waals surface area contributed by atoms with Gasteiger partial charge >= 0.3 is 0 Å². The number of carbonyl (C=O) groups is 1. The van der Waals surface area contributed by atoms with E-state index in [2.05, 4.69) is 22.2 Å². The Hall–Kier alpha value is -2.08. The maximum Gasteiger partial charge on any atom is 0.252 e. The second-order valence-corrected chi connectivity index (χ2v) is 8.15. The molecule has 1 unspecified atom stereocenters. The van der Waals surface area contributed by atoms with Crippen LogP contribution in [-0.2, 0) is 0 Å². The van der Waals surface area contributed by atoms with Crippen LogP contribution in [0, 0.1) is 18.8 Å². The number of hydrogen-bond acceptors (Lipinski definition) is 4. The Kier molecular flexibility index (Phi) is 3.76. The van der Waals surface area contributed by atoms with Crippen molar-refractivity contribution in [3.63, 3.8) is 0 Å². The van der Waals surface area contributed by atoms with Crippen LogP contribution in [0.25, 0.3) is 11.0 Å². The average Bonchev–Trinajstić information content (AvgIpc) is 2.89. The highest BCUT2D eigenvalue weighted by Crippen LogP contribution is 2.46. The van der Waals surface area contributed by atoms with Gasteiger partial charge in [0.05, 0.1) is 16.9 Å². The number of nitrogens with two attached hydrogens (primary N) is 1. The number of nitrogens with zero attached hydrogens (tertiary/aromatic N) is 1. The summed E-state index contributed by atoms with van der Waals surface area (Å²) in [6, 6.07) is 2.24. The lowest BCUT2D eigenvalue weighted by Gasteiger charge is -2.48. The average molecular weight is 342 g/mol. The number of carbonyl (C=O) groups excluding carboxylic acids is 1. The molecule has 2 fully saturated rings. The topological polar surface area (TPSA) is 104 Å². The predicted octanol–water partition coefficient (Wildman–Crippen LogP) is 2.71. The molecule has 4 atom stereocenters. The molecule has 0 radical (unpaired) electrons. The van der Waals surface area contributed by atoms with Crippen molar-refractivity contribution in [1.29, 1.82) is 0 Å². The number of amides is 1. The molecule has 0 spiro atoms. The van der Waals surface area contributed by atoms with Crippen LogP contribution in [0.2, 0.25) is 0 Å². The molecule has 6 heteroatoms. The summed E-state index contributed by atoms with van der Waals surface area (Å²) in [6.07, 6.45) is 6.09. The number of H-pyrrole nitrogens is 1. The number of aromatic amines is 1. The largest absolute Gasteiger partial charge is 0.390 e. The Labute approximate surface area is 147 Å². The van der Waals surface area contributed by atoms with Gasteiger partial charge in [-0.05, 0) is 56.9 Å². The van der Waals surface area contributed by atoms with E-state index in [0.29, 0.717) is 17.4 Å². The van der Waals surface area contributed by atoms with Crippen molar-refractivity contribution < 1.29 is 9.90 Å². The van der Waals surface area contributed by atoms with Crippen LogP contribution in [0.1, 0.15) is 55.1 Å². The fraction of sp³-hybridized carbons (Fsp3) is 0.579. The van der Waals surface area contributed by atoms with E-state index in [4.69, 9.17) is 5.73 Å². The van der Waals surface area contributed by atoms with Crippen molar-refractivity contribution in [3.8, 4) is 0 Å². The molecule has 0 aromatic carbocycles. The Bertz CT molecular complexity index is 830. The Balaban J connectivity index is 1.70. The van der Waals surface area contributed by atoms with Crippen LogP contribution in [-0.4, -0.2) is 32.6 Å². The number of fused-ring (bicyclic) bond motifs is 3. The summed E-state index contributed by atoms with van der Waals surface area (Å²) in [6.45, 7) is 4.19. The summed E-state index contributed by atoms with van der Waals surface area (Å²) in [5.74, 6) is 0.461. The lowest BCUT2D eigenvalue weighted by atomic mass is 9.64. The van der Waals surface area contributed by atoms with Gasteiger partial charge in [0.25, 0.3) is 5.91 Å². The zero-order valence-corrected chi connectivity index (χ0v) is 14.8. The van der Waals surface area contributed by atoms with Gasteiger partial charge < -0.3 is 21.1 Å². The van der Waals surface area contributed by atoms with E-state index in [9.17, 15) is 9.90 Å². The molecule has 6 nitrogen and oxygen atoms in total. The fourth-order valence-corrected chi connectivity index (χ4v) is 5.00. The number of aliphatic hydroxyl groups is 1. The molecule has 2 aromatic rings. The highest BCUT2D eigenvalue weighted by atomic mass is 16.3. The summed E-state index contributed by atoms with van der Waals surface area (Å²) in [4.78, 5) is 19.5. The zero-order valence-electron chi connectivity index (χ0n) is 14.8. The fourth-order valence-electron chi connectivity index (χ4n) is 5.00. The van der Waals surface area contributed by atoms with E-state index in [0.717, 1.165) is 54.5 Å². The third kappa shape index (κ3) is 2.88. The third-order valence-electron chi connectivity index (χ3n) is 5.95. The normalized spacial score (nSPS) is 31.9. The van der Waals surface area contributed by atoms with Crippen molar-refractivity contribution in [2.45, 2.75) is 57.6 Å². The summed E-state index contributed by atoms with van der Waals surface area (Å²) in [7, 11) is 0. The number of hydrogen-bond donors (Lipinski definition) is 4. The van der Waals surface area contributed by atoms with Gasteiger partial charge in [-0.25, -0.2) is 4.98 Å². The Morgan fingerprint density at radius 3 is 3.04 bits per heavy atom. The molecule has 134 valence electrons. The van der Waals surface area contributed by atoms with Crippen molar-refractivity contribution >= 4 is 22.6 Å². The molecule has 2 aromatic heterocycles. The lowest BCUT2D eigenvalue weighted by molar-refractivity contribution is -0.0677. The minimum Gasteiger partial charge on any atom is -0.390 e. The Morgan fingerprint density at radius 1 is 1.48 bits per heavy atom. The van der Waals surface area contributed by atoms with Gasteiger partial charge in [-0.3, -0.25) is 4.79 Å². The van der Waals surface area contributed by atoms with Gasteiger partial charge in [0.2, 0.25) is 0 Å². The molecular formula is C19H26N4O2. The summed E-state index contributed by atoms with van der Waals surface area (Å²) in [5, 5.41) is 15.3. The molecule has 0 aliphatic heterocycles. The number of rotatable bonds is 3. The molecule has 1 amide bonds. The first kappa shape index (κ1) is 16.4. The van der Waals surface area contributed by atoms with E-state index < -0.39 is 11.5 Å². The van der Waals surface area contributed by atoms with E-state index in [1.807, 2.05) is 13.0 Å². The van der Waals surface area contributed by atoms with Gasteiger partial charge in [0, 0.05) is 23.3 Å². The number of pyridine rings is 1. The van der Waals surface area contributed by atoms with Crippen molar-refractivity contribution in [2.75, 3.05) is 5.32 Å². The van der Waals surface area contributed by atoms with Crippen LogP contribution < -0.4 is 11.1 Å². The second kappa shape index (κ2) is 5.73. The minimum atomic E-state index is -0.509.